The summed E-state index contributed by atoms with van der Waals surface area (Å²) in [6, 6.07) is 8.15. The Bertz CT molecular complexity index is 918. The predicted octanol–water partition coefficient (Wildman–Crippen LogP) is 5.03. The average molecular weight is 469 g/mol. The standard InChI is InChI=1S/C27H40N4O3/c1-5-33-26(32)20-14-16-30(17-15-20)18-22-19-31(29-28-22)23-8-12-25(13-9-23)34-24-10-6-21(7-11-24)27(2,3)4/h8-9,12-13,19-21,24H,5-7,10-11,14-18H2,1-4H3. The van der Waals surface area contributed by atoms with Gasteiger partial charge in [-0.05, 0) is 94.1 Å². The SMILES string of the molecule is CCOC(=O)C1CCN(Cc2cn(-c3ccc(OC4CCC(C(C)(C)C)CC4)cc3)nn2)CC1. The molecule has 2 heterocycles. The van der Waals surface area contributed by atoms with Gasteiger partial charge in [0.05, 0.1) is 36.2 Å². The third kappa shape index (κ3) is 6.38. The number of likely N-dealkylation sites (tertiary alicyclic amines) is 1. The lowest BCUT2D eigenvalue weighted by atomic mass is 9.72. The van der Waals surface area contributed by atoms with Crippen molar-refractivity contribution in [3.8, 4) is 11.4 Å². The van der Waals surface area contributed by atoms with Crippen LogP contribution in [-0.4, -0.2) is 51.7 Å². The molecule has 2 aromatic rings. The largest absolute Gasteiger partial charge is 0.490 e. The normalized spacial score (nSPS) is 22.5. The summed E-state index contributed by atoms with van der Waals surface area (Å²) in [4.78, 5) is 14.3. The maximum atomic E-state index is 11.9. The van der Waals surface area contributed by atoms with Gasteiger partial charge in [-0.2, -0.15) is 0 Å². The zero-order chi connectivity index (χ0) is 24.1. The van der Waals surface area contributed by atoms with Crippen molar-refractivity contribution in [2.75, 3.05) is 19.7 Å². The minimum atomic E-state index is -0.0573. The fraction of sp³-hybridized carbons (Fsp3) is 0.667. The summed E-state index contributed by atoms with van der Waals surface area (Å²) in [7, 11) is 0. The molecule has 2 aliphatic rings. The number of aromatic nitrogens is 3. The average Bonchev–Trinajstić information content (AvgIpc) is 3.28. The molecule has 0 bridgehead atoms. The highest BCUT2D eigenvalue weighted by Gasteiger charge is 2.30. The Morgan fingerprint density at radius 3 is 2.32 bits per heavy atom. The van der Waals surface area contributed by atoms with Crippen molar-refractivity contribution < 1.29 is 14.3 Å². The van der Waals surface area contributed by atoms with E-state index in [-0.39, 0.29) is 11.9 Å². The van der Waals surface area contributed by atoms with E-state index in [1.807, 2.05) is 42.1 Å². The Labute approximate surface area is 203 Å². The number of hydrogen-bond acceptors (Lipinski definition) is 6. The van der Waals surface area contributed by atoms with Crippen LogP contribution >= 0.6 is 0 Å². The first kappa shape index (κ1) is 24.7. The molecule has 1 saturated heterocycles. The zero-order valence-electron chi connectivity index (χ0n) is 21.2. The van der Waals surface area contributed by atoms with E-state index in [4.69, 9.17) is 9.47 Å². The van der Waals surface area contributed by atoms with Crippen LogP contribution in [0.15, 0.2) is 30.5 Å². The van der Waals surface area contributed by atoms with Gasteiger partial charge in [-0.25, -0.2) is 4.68 Å². The molecule has 0 radical (unpaired) electrons. The van der Waals surface area contributed by atoms with Gasteiger partial charge in [0.1, 0.15) is 5.75 Å². The van der Waals surface area contributed by atoms with Crippen molar-refractivity contribution in [3.63, 3.8) is 0 Å². The van der Waals surface area contributed by atoms with Gasteiger partial charge < -0.3 is 9.47 Å². The molecule has 1 aliphatic carbocycles. The zero-order valence-corrected chi connectivity index (χ0v) is 21.2. The van der Waals surface area contributed by atoms with Gasteiger partial charge in [-0.15, -0.1) is 5.10 Å². The van der Waals surface area contributed by atoms with Crippen molar-refractivity contribution in [2.24, 2.45) is 17.3 Å². The lowest BCUT2D eigenvalue weighted by molar-refractivity contribution is -0.149. The highest BCUT2D eigenvalue weighted by atomic mass is 16.5. The van der Waals surface area contributed by atoms with Gasteiger partial charge in [-0.3, -0.25) is 9.69 Å². The quantitative estimate of drug-likeness (QED) is 0.531. The van der Waals surface area contributed by atoms with Crippen LogP contribution in [0.5, 0.6) is 5.75 Å². The molecular formula is C27H40N4O3. The van der Waals surface area contributed by atoms with Crippen LogP contribution in [0.25, 0.3) is 5.69 Å². The summed E-state index contributed by atoms with van der Waals surface area (Å²) in [6.45, 7) is 11.8. The van der Waals surface area contributed by atoms with Gasteiger partial charge in [0, 0.05) is 6.54 Å². The van der Waals surface area contributed by atoms with E-state index in [1.54, 1.807) is 0 Å². The number of nitrogens with zero attached hydrogens (tertiary/aromatic N) is 4. The second-order valence-corrected chi connectivity index (χ2v) is 10.9. The van der Waals surface area contributed by atoms with Crippen LogP contribution in [0.3, 0.4) is 0 Å². The van der Waals surface area contributed by atoms with Gasteiger partial charge in [0.15, 0.2) is 0 Å². The number of rotatable bonds is 7. The van der Waals surface area contributed by atoms with Gasteiger partial charge in [-0.1, -0.05) is 26.0 Å². The lowest BCUT2D eigenvalue weighted by Gasteiger charge is -2.36. The first-order valence-corrected chi connectivity index (χ1v) is 12.9. The molecule has 34 heavy (non-hydrogen) atoms. The minimum absolute atomic E-state index is 0.0288. The second-order valence-electron chi connectivity index (χ2n) is 10.9. The molecule has 4 rings (SSSR count). The molecule has 1 saturated carbocycles. The number of hydrogen-bond donors (Lipinski definition) is 0. The summed E-state index contributed by atoms with van der Waals surface area (Å²) in [5.74, 6) is 1.69. The van der Waals surface area contributed by atoms with Gasteiger partial charge in [0.25, 0.3) is 0 Å². The van der Waals surface area contributed by atoms with E-state index >= 15 is 0 Å². The number of esters is 1. The summed E-state index contributed by atoms with van der Waals surface area (Å²) in [6.07, 6.45) is 8.73. The molecule has 2 fully saturated rings. The highest BCUT2D eigenvalue weighted by molar-refractivity contribution is 5.72. The molecule has 0 amide bonds. The number of benzene rings is 1. The Morgan fingerprint density at radius 1 is 1.03 bits per heavy atom. The molecule has 1 aromatic heterocycles. The van der Waals surface area contributed by atoms with E-state index in [9.17, 15) is 4.79 Å². The molecule has 1 aromatic carbocycles. The highest BCUT2D eigenvalue weighted by Crippen LogP contribution is 2.38. The second kappa shape index (κ2) is 10.9. The van der Waals surface area contributed by atoms with E-state index in [2.05, 4.69) is 36.0 Å². The molecule has 7 nitrogen and oxygen atoms in total. The predicted molar refractivity (Wildman–Crippen MR) is 132 cm³/mol. The van der Waals surface area contributed by atoms with E-state index in [0.29, 0.717) is 18.1 Å². The lowest BCUT2D eigenvalue weighted by Crippen LogP contribution is -2.36. The Hall–Kier alpha value is -2.41. The molecule has 0 unspecified atom stereocenters. The summed E-state index contributed by atoms with van der Waals surface area (Å²) in [5.41, 5.74) is 2.30. The van der Waals surface area contributed by atoms with Crippen LogP contribution in [0.1, 0.15) is 71.9 Å². The van der Waals surface area contributed by atoms with Crippen LogP contribution in [-0.2, 0) is 16.1 Å². The Kier molecular flexibility index (Phi) is 7.91. The van der Waals surface area contributed by atoms with Crippen molar-refractivity contribution in [2.45, 2.75) is 78.9 Å². The van der Waals surface area contributed by atoms with E-state index < -0.39 is 0 Å². The number of piperidine rings is 1. The minimum Gasteiger partial charge on any atom is -0.490 e. The monoisotopic (exact) mass is 468 g/mol. The third-order valence-electron chi connectivity index (χ3n) is 7.44. The van der Waals surface area contributed by atoms with E-state index in [1.165, 1.54) is 12.8 Å². The first-order chi connectivity index (χ1) is 16.3. The smallest absolute Gasteiger partial charge is 0.309 e. The summed E-state index contributed by atoms with van der Waals surface area (Å²) < 4.78 is 13.2. The molecule has 0 N–H and O–H groups in total. The summed E-state index contributed by atoms with van der Waals surface area (Å²) in [5, 5.41) is 8.68. The molecule has 1 aliphatic heterocycles. The van der Waals surface area contributed by atoms with Crippen LogP contribution in [0, 0.1) is 17.3 Å². The van der Waals surface area contributed by atoms with Crippen LogP contribution < -0.4 is 4.74 Å². The van der Waals surface area contributed by atoms with Crippen molar-refractivity contribution in [1.29, 1.82) is 0 Å². The maximum Gasteiger partial charge on any atom is 0.309 e. The van der Waals surface area contributed by atoms with Crippen LogP contribution in [0.2, 0.25) is 0 Å². The molecular weight excluding hydrogens is 428 g/mol. The molecule has 7 heteroatoms. The van der Waals surface area contributed by atoms with Gasteiger partial charge in [0.2, 0.25) is 0 Å². The number of ether oxygens (including phenoxy) is 2. The fourth-order valence-electron chi connectivity index (χ4n) is 5.23. The van der Waals surface area contributed by atoms with E-state index in [0.717, 1.165) is 68.4 Å². The number of carbonyl (C=O) groups is 1. The van der Waals surface area contributed by atoms with Crippen molar-refractivity contribution in [1.82, 2.24) is 19.9 Å². The first-order valence-electron chi connectivity index (χ1n) is 12.9. The molecule has 0 atom stereocenters. The molecule has 0 spiro atoms. The fourth-order valence-corrected chi connectivity index (χ4v) is 5.23. The third-order valence-corrected chi connectivity index (χ3v) is 7.44. The Balaban J connectivity index is 1.25. The van der Waals surface area contributed by atoms with Gasteiger partial charge >= 0.3 is 5.97 Å². The van der Waals surface area contributed by atoms with Crippen LogP contribution in [0.4, 0.5) is 0 Å². The summed E-state index contributed by atoms with van der Waals surface area (Å²) >= 11 is 0. The van der Waals surface area contributed by atoms with Crippen molar-refractivity contribution >= 4 is 5.97 Å². The van der Waals surface area contributed by atoms with Crippen molar-refractivity contribution in [3.05, 3.63) is 36.2 Å². The Morgan fingerprint density at radius 2 is 1.71 bits per heavy atom. The topological polar surface area (TPSA) is 69.5 Å². The maximum absolute atomic E-state index is 11.9. The molecule has 186 valence electrons. The number of carbonyl (C=O) groups excluding carboxylic acids is 1.